The number of aryl methyl sites for hydroxylation is 2. The predicted octanol–water partition coefficient (Wildman–Crippen LogP) is 3.50. The first-order valence-electron chi connectivity index (χ1n) is 10.4. The van der Waals surface area contributed by atoms with Crippen LogP contribution in [0, 0.1) is 18.6 Å². The Bertz CT molecular complexity index is 1190. The lowest BCUT2D eigenvalue weighted by Crippen LogP contribution is -2.47. The number of hydrogen-bond donors (Lipinski definition) is 0. The molecule has 8 nitrogen and oxygen atoms in total. The third-order valence-corrected chi connectivity index (χ3v) is 5.85. The van der Waals surface area contributed by atoms with E-state index < -0.39 is 12.0 Å². The van der Waals surface area contributed by atoms with Crippen molar-refractivity contribution in [1.82, 2.24) is 29.3 Å². The molecule has 0 unspecified atom stereocenters. The van der Waals surface area contributed by atoms with E-state index in [-0.39, 0.29) is 11.4 Å². The van der Waals surface area contributed by atoms with Crippen molar-refractivity contribution in [1.29, 1.82) is 0 Å². The van der Waals surface area contributed by atoms with Gasteiger partial charge < -0.3 is 4.90 Å². The molecule has 3 aromatic rings. The van der Waals surface area contributed by atoms with Crippen molar-refractivity contribution >= 4 is 24.4 Å². The molecule has 4 rings (SSSR count). The van der Waals surface area contributed by atoms with Crippen LogP contribution < -0.4 is 4.90 Å². The van der Waals surface area contributed by atoms with Gasteiger partial charge in [0.2, 0.25) is 10.7 Å². The summed E-state index contributed by atoms with van der Waals surface area (Å²) in [6, 6.07) is 7.29. The van der Waals surface area contributed by atoms with Crippen molar-refractivity contribution in [3.05, 3.63) is 63.9 Å². The molecule has 0 radical (unpaired) electrons. The molecule has 33 heavy (non-hydrogen) atoms. The number of benzene rings is 1. The molecule has 2 aromatic heterocycles. The quantitative estimate of drug-likeness (QED) is 0.415. The summed E-state index contributed by atoms with van der Waals surface area (Å²) < 4.78 is 42.7. The van der Waals surface area contributed by atoms with E-state index in [4.69, 9.17) is 12.2 Å². The summed E-state index contributed by atoms with van der Waals surface area (Å²) in [6.07, 6.45) is 0.0282. The Hall–Kier alpha value is -3.12. The molecule has 0 N–H and O–H groups in total. The number of hydrogen-bond acceptors (Lipinski definition) is 7. The summed E-state index contributed by atoms with van der Waals surface area (Å²) in [6.45, 7) is 6.55. The zero-order valence-corrected chi connectivity index (χ0v) is 19.0. The van der Waals surface area contributed by atoms with Gasteiger partial charge in [0, 0.05) is 38.6 Å². The largest absolute Gasteiger partial charge is 0.453 e. The summed E-state index contributed by atoms with van der Waals surface area (Å²) in [5.74, 6) is -0.512. The van der Waals surface area contributed by atoms with Gasteiger partial charge in [-0.25, -0.2) is 14.6 Å². The molecule has 174 valence electrons. The van der Waals surface area contributed by atoms with Crippen LogP contribution in [0.15, 0.2) is 41.8 Å². The van der Waals surface area contributed by atoms with Crippen LogP contribution in [0.4, 0.5) is 19.1 Å². The Morgan fingerprint density at radius 1 is 1.06 bits per heavy atom. The van der Waals surface area contributed by atoms with Crippen molar-refractivity contribution in [2.45, 2.75) is 26.7 Å². The summed E-state index contributed by atoms with van der Waals surface area (Å²) in [5, 5.41) is 7.77. The Kier molecular flexibility index (Phi) is 6.56. The SMILES string of the molecule is Cc1ccc(/C=N/n2c(C(F)(F)F)nn(CN3CCN(c4ncccn4)CC3)c2=S)cc1C. The minimum atomic E-state index is -4.69. The fraction of sp³-hybridized carbons (Fsp3) is 0.381. The van der Waals surface area contributed by atoms with E-state index in [0.29, 0.717) is 42.4 Å². The van der Waals surface area contributed by atoms with Gasteiger partial charge in [0.05, 0.1) is 12.9 Å². The van der Waals surface area contributed by atoms with Gasteiger partial charge in [-0.05, 0) is 48.8 Å². The fourth-order valence-corrected chi connectivity index (χ4v) is 3.71. The van der Waals surface area contributed by atoms with Crippen LogP contribution in [0.25, 0.3) is 0 Å². The molecule has 0 saturated carbocycles. The first-order chi connectivity index (χ1) is 15.7. The van der Waals surface area contributed by atoms with Crippen LogP contribution in [-0.2, 0) is 12.8 Å². The molecule has 0 aliphatic carbocycles. The van der Waals surface area contributed by atoms with E-state index in [1.54, 1.807) is 24.5 Å². The molecule has 0 bridgehead atoms. The Morgan fingerprint density at radius 3 is 2.39 bits per heavy atom. The van der Waals surface area contributed by atoms with Gasteiger partial charge in [0.1, 0.15) is 0 Å². The Balaban J connectivity index is 1.52. The lowest BCUT2D eigenvalue weighted by atomic mass is 10.1. The van der Waals surface area contributed by atoms with Crippen molar-refractivity contribution in [3.63, 3.8) is 0 Å². The van der Waals surface area contributed by atoms with Crippen LogP contribution >= 0.6 is 12.2 Å². The third-order valence-electron chi connectivity index (χ3n) is 5.47. The number of alkyl halides is 3. The standard InChI is InChI=1S/C21H23F3N8S/c1-15-4-5-17(12-16(15)2)13-27-32-18(21(22,23)24)28-31(20(32)33)14-29-8-10-30(11-9-29)19-25-6-3-7-26-19/h3-7,12-13H,8-11,14H2,1-2H3/b27-13+. The van der Waals surface area contributed by atoms with Gasteiger partial charge in [-0.3, -0.25) is 4.90 Å². The number of aromatic nitrogens is 5. The molecule has 0 amide bonds. The zero-order valence-electron chi connectivity index (χ0n) is 18.2. The molecule has 1 aliphatic rings. The van der Waals surface area contributed by atoms with Crippen LogP contribution in [0.2, 0.25) is 0 Å². The van der Waals surface area contributed by atoms with Crippen molar-refractivity contribution in [2.75, 3.05) is 31.1 Å². The van der Waals surface area contributed by atoms with Crippen molar-refractivity contribution in [2.24, 2.45) is 5.10 Å². The lowest BCUT2D eigenvalue weighted by Gasteiger charge is -2.34. The molecule has 1 aromatic carbocycles. The number of anilines is 1. The minimum Gasteiger partial charge on any atom is -0.338 e. The molecule has 1 fully saturated rings. The first kappa shape index (κ1) is 23.1. The maximum absolute atomic E-state index is 13.7. The van der Waals surface area contributed by atoms with Crippen LogP contribution in [-0.4, -0.2) is 61.7 Å². The topological polar surface area (TPSA) is 67.4 Å². The van der Waals surface area contributed by atoms with Gasteiger partial charge in [-0.1, -0.05) is 18.2 Å². The molecule has 12 heteroatoms. The third kappa shape index (κ3) is 5.28. The second kappa shape index (κ2) is 9.40. The Morgan fingerprint density at radius 2 is 1.76 bits per heavy atom. The molecular formula is C21H23F3N8S. The van der Waals surface area contributed by atoms with E-state index >= 15 is 0 Å². The second-order valence-corrected chi connectivity index (χ2v) is 8.16. The maximum atomic E-state index is 13.7. The number of piperazine rings is 1. The first-order valence-corrected chi connectivity index (χ1v) is 10.8. The average molecular weight is 477 g/mol. The minimum absolute atomic E-state index is 0.115. The average Bonchev–Trinajstić information content (AvgIpc) is 3.11. The highest BCUT2D eigenvalue weighted by Gasteiger charge is 2.39. The normalized spacial score (nSPS) is 15.5. The molecule has 1 saturated heterocycles. The van der Waals surface area contributed by atoms with Crippen LogP contribution in [0.1, 0.15) is 22.5 Å². The predicted molar refractivity (Wildman–Crippen MR) is 121 cm³/mol. The lowest BCUT2D eigenvalue weighted by molar-refractivity contribution is -0.147. The Labute approximate surface area is 194 Å². The van der Waals surface area contributed by atoms with Gasteiger partial charge in [0.25, 0.3) is 5.82 Å². The van der Waals surface area contributed by atoms with E-state index in [2.05, 4.69) is 20.2 Å². The van der Waals surface area contributed by atoms with Crippen molar-refractivity contribution < 1.29 is 13.2 Å². The van der Waals surface area contributed by atoms with Crippen molar-refractivity contribution in [3.8, 4) is 0 Å². The van der Waals surface area contributed by atoms with Gasteiger partial charge >= 0.3 is 6.18 Å². The smallest absolute Gasteiger partial charge is 0.338 e. The molecule has 1 aliphatic heterocycles. The molecule has 3 heterocycles. The van der Waals surface area contributed by atoms with Gasteiger partial charge in [-0.2, -0.15) is 22.9 Å². The van der Waals surface area contributed by atoms with E-state index in [0.717, 1.165) is 11.1 Å². The zero-order chi connectivity index (χ0) is 23.6. The second-order valence-electron chi connectivity index (χ2n) is 7.80. The molecule has 0 atom stereocenters. The summed E-state index contributed by atoms with van der Waals surface area (Å²) in [5.41, 5.74) is 2.79. The maximum Gasteiger partial charge on any atom is 0.453 e. The fourth-order valence-electron chi connectivity index (χ4n) is 3.47. The van der Waals surface area contributed by atoms with Gasteiger partial charge in [0.15, 0.2) is 0 Å². The highest BCUT2D eigenvalue weighted by Crippen LogP contribution is 2.28. The van der Waals surface area contributed by atoms with Crippen LogP contribution in [0.5, 0.6) is 0 Å². The number of nitrogens with zero attached hydrogens (tertiary/aromatic N) is 8. The molecule has 0 spiro atoms. The van der Waals surface area contributed by atoms with E-state index in [1.165, 1.54) is 10.9 Å². The highest BCUT2D eigenvalue weighted by molar-refractivity contribution is 7.71. The summed E-state index contributed by atoms with van der Waals surface area (Å²) in [7, 11) is 0. The molecular weight excluding hydrogens is 453 g/mol. The monoisotopic (exact) mass is 476 g/mol. The van der Waals surface area contributed by atoms with Crippen LogP contribution in [0.3, 0.4) is 0 Å². The van der Waals surface area contributed by atoms with E-state index in [9.17, 15) is 13.2 Å². The number of halogens is 3. The number of rotatable bonds is 5. The van der Waals surface area contributed by atoms with Gasteiger partial charge in [-0.15, -0.1) is 5.10 Å². The summed E-state index contributed by atoms with van der Waals surface area (Å²) >= 11 is 5.30. The van der Waals surface area contributed by atoms with E-state index in [1.807, 2.05) is 35.8 Å². The summed E-state index contributed by atoms with van der Waals surface area (Å²) in [4.78, 5) is 12.5. The highest BCUT2D eigenvalue weighted by atomic mass is 32.1.